The van der Waals surface area contributed by atoms with Crippen LogP contribution in [0.2, 0.25) is 0 Å². The van der Waals surface area contributed by atoms with Gasteiger partial charge in [0.05, 0.1) is 24.7 Å². The van der Waals surface area contributed by atoms with Crippen molar-refractivity contribution in [3.05, 3.63) is 60.2 Å². The third kappa shape index (κ3) is 4.75. The lowest BCUT2D eigenvalue weighted by atomic mass is 10.2. The van der Waals surface area contributed by atoms with E-state index >= 15 is 0 Å². The van der Waals surface area contributed by atoms with Crippen molar-refractivity contribution in [2.75, 3.05) is 20.3 Å². The van der Waals surface area contributed by atoms with Gasteiger partial charge in [-0.2, -0.15) is 15.1 Å². The van der Waals surface area contributed by atoms with Crippen molar-refractivity contribution in [2.45, 2.75) is 26.5 Å². The summed E-state index contributed by atoms with van der Waals surface area (Å²) in [5, 5.41) is 4.23. The number of nitrogens with zero attached hydrogens (tertiary/aromatic N) is 6. The molecule has 3 aromatic heterocycles. The molecule has 0 amide bonds. The number of hydrogen-bond acceptors (Lipinski definition) is 8. The first-order valence-electron chi connectivity index (χ1n) is 10.3. The molecule has 0 aliphatic carbocycles. The number of methoxy groups -OCH3 is 1. The SMILES string of the molecule is CCOC(=O)c1cnn(-c2nc(OCc3ccccc3)c3ncn(CCCOC)c3n2)c1. The Morgan fingerprint density at radius 2 is 2.00 bits per heavy atom. The van der Waals surface area contributed by atoms with Gasteiger partial charge in [0.25, 0.3) is 5.95 Å². The van der Waals surface area contributed by atoms with E-state index in [2.05, 4.69) is 20.1 Å². The summed E-state index contributed by atoms with van der Waals surface area (Å²) in [6.45, 7) is 3.66. The van der Waals surface area contributed by atoms with Crippen molar-refractivity contribution in [3.8, 4) is 11.8 Å². The van der Waals surface area contributed by atoms with E-state index in [4.69, 9.17) is 14.2 Å². The predicted molar refractivity (Wildman–Crippen MR) is 116 cm³/mol. The zero-order chi connectivity index (χ0) is 22.3. The van der Waals surface area contributed by atoms with E-state index < -0.39 is 5.97 Å². The molecule has 3 heterocycles. The highest BCUT2D eigenvalue weighted by molar-refractivity contribution is 5.88. The average molecular weight is 436 g/mol. The Hall–Kier alpha value is -3.79. The van der Waals surface area contributed by atoms with Gasteiger partial charge >= 0.3 is 5.97 Å². The standard InChI is InChI=1S/C22H24N6O4/c1-3-31-21(29)17-12-24-28(13-17)22-25-19-18(23-15-27(19)10-7-11-30-2)20(26-22)32-14-16-8-5-4-6-9-16/h4-6,8-9,12-13,15H,3,7,10-11,14H2,1-2H3. The van der Waals surface area contributed by atoms with Gasteiger partial charge in [0, 0.05) is 26.5 Å². The van der Waals surface area contributed by atoms with Crippen LogP contribution >= 0.6 is 0 Å². The molecule has 4 aromatic rings. The van der Waals surface area contributed by atoms with Crippen LogP contribution in [0, 0.1) is 0 Å². The number of ether oxygens (including phenoxy) is 3. The van der Waals surface area contributed by atoms with Gasteiger partial charge in [-0.3, -0.25) is 0 Å². The maximum atomic E-state index is 12.0. The fourth-order valence-electron chi connectivity index (χ4n) is 3.13. The Morgan fingerprint density at radius 1 is 1.16 bits per heavy atom. The number of aryl methyl sites for hydroxylation is 1. The van der Waals surface area contributed by atoms with Crippen LogP contribution in [0.25, 0.3) is 17.1 Å². The second kappa shape index (κ2) is 10.0. The van der Waals surface area contributed by atoms with E-state index in [1.807, 2.05) is 34.9 Å². The van der Waals surface area contributed by atoms with Crippen molar-refractivity contribution < 1.29 is 19.0 Å². The van der Waals surface area contributed by atoms with E-state index in [1.165, 1.54) is 17.1 Å². The second-order valence-corrected chi connectivity index (χ2v) is 6.95. The number of benzene rings is 1. The van der Waals surface area contributed by atoms with Crippen LogP contribution < -0.4 is 4.74 Å². The minimum absolute atomic E-state index is 0.268. The molecule has 0 saturated carbocycles. The normalized spacial score (nSPS) is 11.1. The van der Waals surface area contributed by atoms with Crippen molar-refractivity contribution in [3.63, 3.8) is 0 Å². The van der Waals surface area contributed by atoms with Crippen LogP contribution in [-0.4, -0.2) is 55.6 Å². The first-order valence-corrected chi connectivity index (χ1v) is 10.3. The van der Waals surface area contributed by atoms with Gasteiger partial charge in [0.1, 0.15) is 6.61 Å². The fourth-order valence-corrected chi connectivity index (χ4v) is 3.13. The van der Waals surface area contributed by atoms with E-state index in [1.54, 1.807) is 20.4 Å². The minimum atomic E-state index is -0.454. The number of rotatable bonds is 10. The summed E-state index contributed by atoms with van der Waals surface area (Å²) in [5.74, 6) is 0.155. The Balaban J connectivity index is 1.69. The van der Waals surface area contributed by atoms with Gasteiger partial charge in [-0.05, 0) is 18.9 Å². The number of hydrogen-bond donors (Lipinski definition) is 0. The molecule has 0 aliphatic heterocycles. The zero-order valence-electron chi connectivity index (χ0n) is 18.0. The van der Waals surface area contributed by atoms with Crippen molar-refractivity contribution in [1.82, 2.24) is 29.3 Å². The zero-order valence-corrected chi connectivity index (χ0v) is 18.0. The molecule has 4 rings (SSSR count). The highest BCUT2D eigenvalue weighted by Crippen LogP contribution is 2.24. The third-order valence-corrected chi connectivity index (χ3v) is 4.68. The molecule has 10 nitrogen and oxygen atoms in total. The molecule has 1 aromatic carbocycles. The van der Waals surface area contributed by atoms with Gasteiger partial charge in [-0.1, -0.05) is 30.3 Å². The smallest absolute Gasteiger partial charge is 0.341 e. The topological polar surface area (TPSA) is 106 Å². The second-order valence-electron chi connectivity index (χ2n) is 6.95. The number of carbonyl (C=O) groups is 1. The monoisotopic (exact) mass is 436 g/mol. The van der Waals surface area contributed by atoms with E-state index in [-0.39, 0.29) is 12.6 Å². The lowest BCUT2D eigenvalue weighted by Gasteiger charge is -2.09. The first-order chi connectivity index (χ1) is 15.7. The number of aromatic nitrogens is 6. The largest absolute Gasteiger partial charge is 0.471 e. The molecule has 166 valence electrons. The van der Waals surface area contributed by atoms with Crippen LogP contribution in [0.15, 0.2) is 49.1 Å². The Morgan fingerprint density at radius 3 is 2.78 bits per heavy atom. The van der Waals surface area contributed by atoms with Crippen LogP contribution in [-0.2, 0) is 22.6 Å². The Labute approximate surface area is 184 Å². The molecule has 0 radical (unpaired) electrons. The predicted octanol–water partition coefficient (Wildman–Crippen LogP) is 2.80. The van der Waals surface area contributed by atoms with Gasteiger partial charge in [0.15, 0.2) is 11.2 Å². The summed E-state index contributed by atoms with van der Waals surface area (Å²) >= 11 is 0. The number of esters is 1. The summed E-state index contributed by atoms with van der Waals surface area (Å²) in [6.07, 6.45) is 5.47. The highest BCUT2D eigenvalue weighted by Gasteiger charge is 2.18. The highest BCUT2D eigenvalue weighted by atomic mass is 16.5. The molecule has 0 fully saturated rings. The summed E-state index contributed by atoms with van der Waals surface area (Å²) < 4.78 is 19.5. The van der Waals surface area contributed by atoms with Gasteiger partial charge in [-0.25, -0.2) is 14.5 Å². The number of fused-ring (bicyclic) bond motifs is 1. The van der Waals surface area contributed by atoms with Gasteiger partial charge < -0.3 is 18.8 Å². The molecule has 0 spiro atoms. The maximum absolute atomic E-state index is 12.0. The molecule has 0 bridgehead atoms. The molecule has 32 heavy (non-hydrogen) atoms. The third-order valence-electron chi connectivity index (χ3n) is 4.68. The van der Waals surface area contributed by atoms with E-state index in [0.717, 1.165) is 12.0 Å². The van der Waals surface area contributed by atoms with Crippen LogP contribution in [0.3, 0.4) is 0 Å². The van der Waals surface area contributed by atoms with Crippen LogP contribution in [0.4, 0.5) is 0 Å². The summed E-state index contributed by atoms with van der Waals surface area (Å²) in [4.78, 5) is 25.7. The lowest BCUT2D eigenvalue weighted by Crippen LogP contribution is -2.08. The summed E-state index contributed by atoms with van der Waals surface area (Å²) in [7, 11) is 1.67. The summed E-state index contributed by atoms with van der Waals surface area (Å²) in [6, 6.07) is 9.80. The quantitative estimate of drug-likeness (QED) is 0.276. The number of carbonyl (C=O) groups excluding carboxylic acids is 1. The van der Waals surface area contributed by atoms with E-state index in [9.17, 15) is 4.79 Å². The minimum Gasteiger partial charge on any atom is -0.471 e. The molecule has 0 unspecified atom stereocenters. The molecule has 10 heteroatoms. The van der Waals surface area contributed by atoms with Crippen molar-refractivity contribution in [1.29, 1.82) is 0 Å². The van der Waals surface area contributed by atoms with Gasteiger partial charge in [0.2, 0.25) is 5.88 Å². The van der Waals surface area contributed by atoms with Crippen LogP contribution in [0.5, 0.6) is 5.88 Å². The lowest BCUT2D eigenvalue weighted by molar-refractivity contribution is 0.0526. The molecule has 0 saturated heterocycles. The first kappa shape index (κ1) is 21.4. The maximum Gasteiger partial charge on any atom is 0.341 e. The van der Waals surface area contributed by atoms with Crippen molar-refractivity contribution in [2.24, 2.45) is 0 Å². The fraction of sp³-hybridized carbons (Fsp3) is 0.318. The average Bonchev–Trinajstić information content (AvgIpc) is 3.46. The molecule has 0 atom stereocenters. The Kier molecular flexibility index (Phi) is 6.71. The van der Waals surface area contributed by atoms with Crippen LogP contribution in [0.1, 0.15) is 29.3 Å². The molecule has 0 aliphatic rings. The van der Waals surface area contributed by atoms with Gasteiger partial charge in [-0.15, -0.1) is 0 Å². The Bertz CT molecular complexity index is 1190. The van der Waals surface area contributed by atoms with E-state index in [0.29, 0.717) is 42.4 Å². The van der Waals surface area contributed by atoms with Crippen molar-refractivity contribution >= 4 is 17.1 Å². The summed E-state index contributed by atoms with van der Waals surface area (Å²) in [5.41, 5.74) is 2.49. The molecule has 0 N–H and O–H groups in total. The molecular weight excluding hydrogens is 412 g/mol. The number of imidazole rings is 1. The molecular formula is C22H24N6O4.